The molecular weight excluding hydrogens is 524 g/mol. The van der Waals surface area contributed by atoms with Crippen molar-refractivity contribution in [2.75, 3.05) is 13.7 Å². The summed E-state index contributed by atoms with van der Waals surface area (Å²) in [6.45, 7) is -0.233. The minimum Gasteiger partial charge on any atom is -0.506 e. The zero-order valence-electron chi connectivity index (χ0n) is 12.9. The maximum Gasteiger partial charge on any atom is 0.277 e. The second-order valence-corrected chi connectivity index (χ2v) is 7.39. The van der Waals surface area contributed by atoms with Gasteiger partial charge >= 0.3 is 0 Å². The molecule has 1 amide bonds. The molecule has 0 aromatic heterocycles. The molecule has 2 aromatic rings. The molecule has 2 rings (SSSR count). The lowest BCUT2D eigenvalue weighted by Crippen LogP contribution is -2.24. The van der Waals surface area contributed by atoms with Crippen LogP contribution in [0.3, 0.4) is 0 Å². The smallest absolute Gasteiger partial charge is 0.277 e. The molecule has 0 heterocycles. The van der Waals surface area contributed by atoms with Crippen molar-refractivity contribution in [2.24, 2.45) is 5.10 Å². The van der Waals surface area contributed by atoms with Crippen LogP contribution in [0.2, 0.25) is 0 Å². The molecule has 0 aliphatic carbocycles. The number of carbonyl (C=O) groups excluding carboxylic acids is 1. The van der Waals surface area contributed by atoms with Gasteiger partial charge in [0.15, 0.2) is 18.1 Å². The predicted octanol–water partition coefficient (Wildman–Crippen LogP) is 4.22. The minimum atomic E-state index is -0.449. The summed E-state index contributed by atoms with van der Waals surface area (Å²) >= 11 is 9.86. The van der Waals surface area contributed by atoms with Gasteiger partial charge in [-0.1, -0.05) is 31.9 Å². The Morgan fingerprint density at radius 1 is 1.20 bits per heavy atom. The molecule has 9 heteroatoms. The normalized spacial score (nSPS) is 10.7. The van der Waals surface area contributed by atoms with Crippen LogP contribution in [0.25, 0.3) is 0 Å². The highest BCUT2D eigenvalue weighted by atomic mass is 79.9. The fraction of sp³-hybridized carbons (Fsp3) is 0.125. The van der Waals surface area contributed by atoms with Crippen LogP contribution in [0, 0.1) is 0 Å². The number of methoxy groups -OCH3 is 1. The van der Waals surface area contributed by atoms with E-state index < -0.39 is 5.91 Å². The van der Waals surface area contributed by atoms with Crippen LogP contribution in [0.5, 0.6) is 17.2 Å². The van der Waals surface area contributed by atoms with E-state index >= 15 is 0 Å². The second-order valence-electron chi connectivity index (χ2n) is 4.70. The maximum absolute atomic E-state index is 11.8. The van der Waals surface area contributed by atoms with Crippen molar-refractivity contribution < 1.29 is 19.4 Å². The fourth-order valence-electron chi connectivity index (χ4n) is 1.79. The van der Waals surface area contributed by atoms with E-state index in [0.29, 0.717) is 21.5 Å². The van der Waals surface area contributed by atoms with Gasteiger partial charge in [0.2, 0.25) is 0 Å². The summed E-state index contributed by atoms with van der Waals surface area (Å²) in [5.41, 5.74) is 2.77. The van der Waals surface area contributed by atoms with Crippen LogP contribution in [0.15, 0.2) is 48.9 Å². The molecule has 132 valence electrons. The molecule has 0 fully saturated rings. The van der Waals surface area contributed by atoms with E-state index in [4.69, 9.17) is 9.47 Å². The van der Waals surface area contributed by atoms with Crippen LogP contribution >= 0.6 is 47.8 Å². The first kappa shape index (κ1) is 19.7. The molecule has 0 bridgehead atoms. The molecule has 0 saturated heterocycles. The Hall–Kier alpha value is -1.58. The highest BCUT2D eigenvalue weighted by molar-refractivity contribution is 9.11. The largest absolute Gasteiger partial charge is 0.506 e. The van der Waals surface area contributed by atoms with Gasteiger partial charge in [-0.2, -0.15) is 5.10 Å². The van der Waals surface area contributed by atoms with Crippen LogP contribution in [-0.2, 0) is 4.79 Å². The summed E-state index contributed by atoms with van der Waals surface area (Å²) in [5, 5.41) is 13.7. The van der Waals surface area contributed by atoms with Gasteiger partial charge in [0.05, 0.1) is 17.8 Å². The third-order valence-electron chi connectivity index (χ3n) is 2.93. The van der Waals surface area contributed by atoms with Crippen molar-refractivity contribution in [2.45, 2.75) is 0 Å². The van der Waals surface area contributed by atoms with Gasteiger partial charge in [-0.05, 0) is 46.3 Å². The summed E-state index contributed by atoms with van der Waals surface area (Å²) in [4.78, 5) is 11.8. The average Bonchev–Trinajstić information content (AvgIpc) is 2.57. The Bertz CT molecular complexity index is 812. The summed E-state index contributed by atoms with van der Waals surface area (Å²) in [6, 6.07) is 8.57. The molecule has 0 atom stereocenters. The second kappa shape index (κ2) is 9.21. The zero-order chi connectivity index (χ0) is 18.4. The van der Waals surface area contributed by atoms with E-state index in [9.17, 15) is 9.90 Å². The number of phenolic OH excluding ortho intramolecular Hbond substituents is 1. The molecule has 0 saturated carbocycles. The van der Waals surface area contributed by atoms with Gasteiger partial charge in [0, 0.05) is 14.5 Å². The molecule has 25 heavy (non-hydrogen) atoms. The summed E-state index contributed by atoms with van der Waals surface area (Å²) in [5.74, 6) is 0.528. The highest BCUT2D eigenvalue weighted by Gasteiger charge is 2.08. The van der Waals surface area contributed by atoms with Gasteiger partial charge in [-0.15, -0.1) is 0 Å². The van der Waals surface area contributed by atoms with Crippen molar-refractivity contribution in [3.63, 3.8) is 0 Å². The first-order valence-electron chi connectivity index (χ1n) is 6.87. The topological polar surface area (TPSA) is 80.2 Å². The number of hydrazone groups is 1. The van der Waals surface area contributed by atoms with Gasteiger partial charge < -0.3 is 14.6 Å². The number of ether oxygens (including phenoxy) is 2. The predicted molar refractivity (Wildman–Crippen MR) is 105 cm³/mol. The Morgan fingerprint density at radius 3 is 2.68 bits per heavy atom. The van der Waals surface area contributed by atoms with Crippen molar-refractivity contribution in [1.29, 1.82) is 0 Å². The number of nitrogens with zero attached hydrogens (tertiary/aromatic N) is 1. The molecule has 0 spiro atoms. The van der Waals surface area contributed by atoms with Crippen molar-refractivity contribution in [3.05, 3.63) is 49.3 Å². The molecule has 6 nitrogen and oxygen atoms in total. The Kier molecular flexibility index (Phi) is 7.27. The first-order valence-corrected chi connectivity index (χ1v) is 9.25. The van der Waals surface area contributed by atoms with E-state index in [1.807, 2.05) is 0 Å². The highest BCUT2D eigenvalue weighted by Crippen LogP contribution is 2.31. The summed E-state index contributed by atoms with van der Waals surface area (Å²) < 4.78 is 12.7. The first-order chi connectivity index (χ1) is 11.9. The molecule has 0 unspecified atom stereocenters. The number of halogens is 3. The van der Waals surface area contributed by atoms with E-state index in [1.165, 1.54) is 13.3 Å². The molecule has 2 aromatic carbocycles. The van der Waals surface area contributed by atoms with Gasteiger partial charge in [0.25, 0.3) is 5.91 Å². The third kappa shape index (κ3) is 5.72. The number of hydrogen-bond donors (Lipinski definition) is 2. The van der Waals surface area contributed by atoms with Crippen LogP contribution < -0.4 is 14.9 Å². The van der Waals surface area contributed by atoms with Crippen LogP contribution in [0.4, 0.5) is 0 Å². The molecule has 0 aliphatic rings. The van der Waals surface area contributed by atoms with Crippen LogP contribution in [-0.4, -0.2) is 30.9 Å². The van der Waals surface area contributed by atoms with Crippen molar-refractivity contribution in [1.82, 2.24) is 5.43 Å². The quantitative estimate of drug-likeness (QED) is 0.428. The fourth-order valence-corrected chi connectivity index (χ4v) is 3.39. The van der Waals surface area contributed by atoms with Gasteiger partial charge in [0.1, 0.15) is 5.75 Å². The molecule has 0 radical (unpaired) electrons. The van der Waals surface area contributed by atoms with Crippen molar-refractivity contribution >= 4 is 59.9 Å². The Balaban J connectivity index is 1.93. The lowest BCUT2D eigenvalue weighted by atomic mass is 10.2. The van der Waals surface area contributed by atoms with Crippen LogP contribution in [0.1, 0.15) is 5.56 Å². The summed E-state index contributed by atoms with van der Waals surface area (Å²) in [7, 11) is 1.52. The lowest BCUT2D eigenvalue weighted by molar-refractivity contribution is -0.123. The lowest BCUT2D eigenvalue weighted by Gasteiger charge is -2.10. The number of hydrogen-bond acceptors (Lipinski definition) is 5. The number of aromatic hydroxyl groups is 1. The summed E-state index contributed by atoms with van der Waals surface area (Å²) in [6.07, 6.45) is 1.34. The van der Waals surface area contributed by atoms with E-state index in [2.05, 4.69) is 58.3 Å². The molecular formula is C16H13Br3N2O4. The molecule has 0 aliphatic heterocycles. The third-order valence-corrected chi connectivity index (χ3v) is 4.49. The number of rotatable bonds is 6. The average molecular weight is 537 g/mol. The Morgan fingerprint density at radius 2 is 1.96 bits per heavy atom. The van der Waals surface area contributed by atoms with Gasteiger partial charge in [-0.3, -0.25) is 4.79 Å². The number of nitrogens with one attached hydrogen (secondary N) is 1. The monoisotopic (exact) mass is 534 g/mol. The standard InChI is InChI=1S/C16H13Br3N2O4/c1-24-14-6-10(17)2-3-13(14)25-8-15(22)21-20-7-9-4-11(18)5-12(19)16(9)23/h2-7,23H,8H2,1H3,(H,21,22). The maximum atomic E-state index is 11.8. The number of benzene rings is 2. The number of carbonyl (C=O) groups is 1. The Labute approximate surface area is 169 Å². The van der Waals surface area contributed by atoms with Crippen molar-refractivity contribution in [3.8, 4) is 17.2 Å². The molecule has 2 N–H and O–H groups in total. The van der Waals surface area contributed by atoms with E-state index in [1.54, 1.807) is 30.3 Å². The minimum absolute atomic E-state index is 0.0250. The number of phenols is 1. The van der Waals surface area contributed by atoms with E-state index in [0.717, 1.165) is 8.95 Å². The SMILES string of the molecule is COc1cc(Br)ccc1OCC(=O)NN=Cc1cc(Br)cc(Br)c1O. The van der Waals surface area contributed by atoms with E-state index in [-0.39, 0.29) is 12.4 Å². The number of amides is 1. The zero-order valence-corrected chi connectivity index (χ0v) is 17.7. The van der Waals surface area contributed by atoms with Gasteiger partial charge in [-0.25, -0.2) is 5.43 Å².